The van der Waals surface area contributed by atoms with Crippen LogP contribution >= 0.6 is 0 Å². The van der Waals surface area contributed by atoms with E-state index in [1.165, 1.54) is 10.6 Å². The zero-order valence-corrected chi connectivity index (χ0v) is 18.4. The van der Waals surface area contributed by atoms with Gasteiger partial charge in [-0.3, -0.25) is 19.4 Å². The van der Waals surface area contributed by atoms with Crippen LogP contribution in [0.2, 0.25) is 0 Å². The van der Waals surface area contributed by atoms with Crippen LogP contribution in [0.1, 0.15) is 40.0 Å². The number of carbonyl (C=O) groups is 2. The maximum atomic E-state index is 13.0. The summed E-state index contributed by atoms with van der Waals surface area (Å²) in [6, 6.07) is 22.0. The monoisotopic (exact) mass is 427 g/mol. The topological polar surface area (TPSA) is 43.9 Å². The number of anilines is 1. The van der Waals surface area contributed by atoms with Crippen LogP contribution in [0.5, 0.6) is 0 Å². The number of para-hydroxylation sites is 1. The minimum atomic E-state index is -0.156. The van der Waals surface area contributed by atoms with Crippen LogP contribution in [0.3, 0.4) is 0 Å². The quantitative estimate of drug-likeness (QED) is 0.413. The van der Waals surface area contributed by atoms with E-state index in [9.17, 15) is 9.59 Å². The molecule has 5 nitrogen and oxygen atoms in total. The van der Waals surface area contributed by atoms with E-state index in [0.29, 0.717) is 17.7 Å². The first-order valence-electron chi connectivity index (χ1n) is 11.6. The lowest BCUT2D eigenvalue weighted by molar-refractivity contribution is 0.0607. The van der Waals surface area contributed by atoms with Gasteiger partial charge in [-0.1, -0.05) is 48.9 Å². The van der Waals surface area contributed by atoms with Crippen molar-refractivity contribution in [1.82, 2.24) is 9.80 Å². The molecule has 1 saturated heterocycles. The molecule has 1 fully saturated rings. The zero-order chi connectivity index (χ0) is 21.9. The van der Waals surface area contributed by atoms with Crippen molar-refractivity contribution in [2.75, 3.05) is 44.2 Å². The van der Waals surface area contributed by atoms with E-state index >= 15 is 0 Å². The van der Waals surface area contributed by atoms with Gasteiger partial charge in [-0.05, 0) is 49.0 Å². The van der Waals surface area contributed by atoms with Crippen molar-refractivity contribution in [1.29, 1.82) is 0 Å². The highest BCUT2D eigenvalue weighted by Crippen LogP contribution is 2.30. The van der Waals surface area contributed by atoms with Gasteiger partial charge in [0.25, 0.3) is 11.8 Å². The second kappa shape index (κ2) is 9.13. The Labute approximate surface area is 189 Å². The van der Waals surface area contributed by atoms with E-state index in [-0.39, 0.29) is 11.8 Å². The molecule has 3 aromatic rings. The van der Waals surface area contributed by atoms with E-state index in [2.05, 4.69) is 40.1 Å². The molecule has 2 aliphatic rings. The second-order valence-electron chi connectivity index (χ2n) is 8.70. The molecular weight excluding hydrogens is 398 g/mol. The molecule has 0 aromatic heterocycles. The molecule has 32 heavy (non-hydrogen) atoms. The highest BCUT2D eigenvalue weighted by atomic mass is 16.2. The number of amides is 2. The molecule has 2 amide bonds. The van der Waals surface area contributed by atoms with Crippen LogP contribution in [0.15, 0.2) is 66.7 Å². The lowest BCUT2D eigenvalue weighted by atomic mass is 9.94. The fourth-order valence-corrected chi connectivity index (χ4v) is 4.93. The van der Waals surface area contributed by atoms with E-state index in [4.69, 9.17) is 0 Å². The second-order valence-corrected chi connectivity index (χ2v) is 8.70. The standard InChI is InChI=1S/C27H29N3O2/c31-26-23-13-7-9-21-10-8-14-24(25(21)23)27(32)30(26)16-6-2-5-15-28-17-19-29(20-18-28)22-11-3-1-4-12-22/h1,3-4,7-14H,2,5-6,15-20H2. The predicted octanol–water partition coefficient (Wildman–Crippen LogP) is 4.43. The van der Waals surface area contributed by atoms with Gasteiger partial charge < -0.3 is 4.90 Å². The van der Waals surface area contributed by atoms with Crippen molar-refractivity contribution >= 4 is 28.3 Å². The lowest BCUT2D eigenvalue weighted by Gasteiger charge is -2.36. The number of imide groups is 1. The zero-order valence-electron chi connectivity index (χ0n) is 18.4. The Kier molecular flexibility index (Phi) is 5.91. The predicted molar refractivity (Wildman–Crippen MR) is 128 cm³/mol. The lowest BCUT2D eigenvalue weighted by Crippen LogP contribution is -2.46. The maximum Gasteiger partial charge on any atom is 0.261 e. The molecule has 0 unspecified atom stereocenters. The van der Waals surface area contributed by atoms with Gasteiger partial charge in [-0.2, -0.15) is 0 Å². The van der Waals surface area contributed by atoms with Gasteiger partial charge in [0, 0.05) is 54.9 Å². The van der Waals surface area contributed by atoms with Gasteiger partial charge in [0.2, 0.25) is 0 Å². The summed E-state index contributed by atoms with van der Waals surface area (Å²) in [5, 5.41) is 1.75. The molecule has 0 bridgehead atoms. The molecule has 2 aliphatic heterocycles. The average molecular weight is 428 g/mol. The van der Waals surface area contributed by atoms with Crippen LogP contribution in [-0.4, -0.2) is 60.9 Å². The first-order chi connectivity index (χ1) is 15.7. The number of nitrogens with zero attached hydrogens (tertiary/aromatic N) is 3. The number of hydrogen-bond donors (Lipinski definition) is 0. The molecular formula is C27H29N3O2. The molecule has 5 heteroatoms. The Morgan fingerprint density at radius 1 is 0.625 bits per heavy atom. The van der Waals surface area contributed by atoms with Gasteiger partial charge in [-0.25, -0.2) is 0 Å². The Morgan fingerprint density at radius 3 is 1.91 bits per heavy atom. The van der Waals surface area contributed by atoms with Crippen LogP contribution < -0.4 is 4.90 Å². The van der Waals surface area contributed by atoms with E-state index < -0.39 is 0 Å². The molecule has 0 N–H and O–H groups in total. The van der Waals surface area contributed by atoms with Crippen molar-refractivity contribution < 1.29 is 9.59 Å². The Morgan fingerprint density at radius 2 is 1.25 bits per heavy atom. The first-order valence-corrected chi connectivity index (χ1v) is 11.6. The third kappa shape index (κ3) is 4.00. The van der Waals surface area contributed by atoms with Crippen molar-refractivity contribution in [3.8, 4) is 0 Å². The van der Waals surface area contributed by atoms with Crippen LogP contribution in [0.4, 0.5) is 5.69 Å². The summed E-state index contributed by atoms with van der Waals surface area (Å²) in [4.78, 5) is 32.3. The van der Waals surface area contributed by atoms with Gasteiger partial charge in [0.05, 0.1) is 0 Å². The summed E-state index contributed by atoms with van der Waals surface area (Å²) in [6.07, 6.45) is 2.95. The third-order valence-electron chi connectivity index (χ3n) is 6.71. The van der Waals surface area contributed by atoms with Gasteiger partial charge in [0.15, 0.2) is 0 Å². The molecule has 0 saturated carbocycles. The van der Waals surface area contributed by atoms with Crippen LogP contribution in [-0.2, 0) is 0 Å². The molecule has 2 heterocycles. The number of unbranched alkanes of at least 4 members (excludes halogenated alkanes) is 2. The van der Waals surface area contributed by atoms with Crippen molar-refractivity contribution in [2.45, 2.75) is 19.3 Å². The Bertz CT molecular complexity index is 1070. The number of piperazine rings is 1. The average Bonchev–Trinajstić information content (AvgIpc) is 2.85. The normalized spacial score (nSPS) is 16.8. The van der Waals surface area contributed by atoms with Gasteiger partial charge in [-0.15, -0.1) is 0 Å². The van der Waals surface area contributed by atoms with Crippen molar-refractivity contribution in [3.63, 3.8) is 0 Å². The van der Waals surface area contributed by atoms with Crippen LogP contribution in [0.25, 0.3) is 10.8 Å². The summed E-state index contributed by atoms with van der Waals surface area (Å²) in [5.41, 5.74) is 2.60. The summed E-state index contributed by atoms with van der Waals surface area (Å²) in [6.45, 7) is 5.85. The van der Waals surface area contributed by atoms with Crippen LogP contribution in [0, 0.1) is 0 Å². The summed E-state index contributed by atoms with van der Waals surface area (Å²) >= 11 is 0. The van der Waals surface area contributed by atoms with Crippen molar-refractivity contribution in [3.05, 3.63) is 77.9 Å². The number of carbonyl (C=O) groups excluding carboxylic acids is 2. The number of benzene rings is 3. The molecule has 5 rings (SSSR count). The third-order valence-corrected chi connectivity index (χ3v) is 6.71. The number of rotatable bonds is 7. The Balaban J connectivity index is 1.09. The minimum absolute atomic E-state index is 0.156. The fraction of sp³-hybridized carbons (Fsp3) is 0.333. The highest BCUT2D eigenvalue weighted by Gasteiger charge is 2.32. The summed E-state index contributed by atoms with van der Waals surface area (Å²) in [7, 11) is 0. The first kappa shape index (κ1) is 20.7. The van der Waals surface area contributed by atoms with E-state index in [1.54, 1.807) is 0 Å². The number of hydrogen-bond acceptors (Lipinski definition) is 4. The molecule has 0 radical (unpaired) electrons. The summed E-state index contributed by atoms with van der Waals surface area (Å²) in [5.74, 6) is -0.312. The molecule has 3 aromatic carbocycles. The molecule has 164 valence electrons. The molecule has 0 spiro atoms. The van der Waals surface area contributed by atoms with E-state index in [1.807, 2.05) is 36.4 Å². The SMILES string of the molecule is O=C1c2cccc3cccc(c23)C(=O)N1CCCCCN1CCN(c2ccccc2)CC1. The summed E-state index contributed by atoms with van der Waals surface area (Å²) < 4.78 is 0. The maximum absolute atomic E-state index is 13.0. The fourth-order valence-electron chi connectivity index (χ4n) is 4.93. The largest absolute Gasteiger partial charge is 0.369 e. The minimum Gasteiger partial charge on any atom is -0.369 e. The molecule has 0 aliphatic carbocycles. The Hall–Kier alpha value is -3.18. The van der Waals surface area contributed by atoms with Gasteiger partial charge in [0.1, 0.15) is 0 Å². The highest BCUT2D eigenvalue weighted by molar-refractivity contribution is 6.25. The smallest absolute Gasteiger partial charge is 0.261 e. The van der Waals surface area contributed by atoms with Gasteiger partial charge >= 0.3 is 0 Å². The van der Waals surface area contributed by atoms with Crippen molar-refractivity contribution in [2.24, 2.45) is 0 Å². The molecule has 0 atom stereocenters. The van der Waals surface area contributed by atoms with E-state index in [0.717, 1.165) is 62.8 Å².